The second-order valence-corrected chi connectivity index (χ2v) is 6.66. The van der Waals surface area contributed by atoms with Crippen LogP contribution in [0.2, 0.25) is 0 Å². The number of hydrogen-bond donors (Lipinski definition) is 1. The molecule has 2 amide bonds. The van der Waals surface area contributed by atoms with Crippen LogP contribution in [0.25, 0.3) is 0 Å². The summed E-state index contributed by atoms with van der Waals surface area (Å²) < 4.78 is 43.2. The predicted octanol–water partition coefficient (Wildman–Crippen LogP) is 3.09. The number of morpholine rings is 1. The molecule has 8 heteroatoms. The summed E-state index contributed by atoms with van der Waals surface area (Å²) in [4.78, 5) is 27.2. The molecule has 3 rings (SSSR count). The van der Waals surface area contributed by atoms with Crippen molar-refractivity contribution in [3.63, 3.8) is 0 Å². The van der Waals surface area contributed by atoms with Gasteiger partial charge in [0, 0.05) is 18.8 Å². The summed E-state index contributed by atoms with van der Waals surface area (Å²) in [5, 5.41) is 2.64. The van der Waals surface area contributed by atoms with Gasteiger partial charge in [0.1, 0.15) is 0 Å². The van der Waals surface area contributed by atoms with Gasteiger partial charge in [-0.1, -0.05) is 12.2 Å². The Labute approximate surface area is 155 Å². The number of allylic oxidation sites excluding steroid dienone is 2. The van der Waals surface area contributed by atoms with Crippen molar-refractivity contribution in [2.24, 2.45) is 11.8 Å². The van der Waals surface area contributed by atoms with Gasteiger partial charge in [-0.05, 0) is 37.1 Å². The normalized spacial score (nSPS) is 23.1. The van der Waals surface area contributed by atoms with Crippen molar-refractivity contribution in [2.45, 2.75) is 19.0 Å². The Morgan fingerprint density at radius 3 is 2.19 bits per heavy atom. The number of benzene rings is 1. The van der Waals surface area contributed by atoms with E-state index < -0.39 is 23.6 Å². The third-order valence-electron chi connectivity index (χ3n) is 4.89. The van der Waals surface area contributed by atoms with E-state index in [2.05, 4.69) is 5.32 Å². The maximum Gasteiger partial charge on any atom is 0.416 e. The van der Waals surface area contributed by atoms with Gasteiger partial charge < -0.3 is 15.0 Å². The maximum absolute atomic E-state index is 12.8. The van der Waals surface area contributed by atoms with Crippen LogP contribution < -0.4 is 5.32 Å². The van der Waals surface area contributed by atoms with Crippen LogP contribution in [-0.4, -0.2) is 43.0 Å². The molecule has 1 saturated heterocycles. The molecule has 0 unspecified atom stereocenters. The lowest BCUT2D eigenvalue weighted by molar-refractivity contribution is -0.144. The van der Waals surface area contributed by atoms with E-state index in [4.69, 9.17) is 4.74 Å². The number of nitrogens with one attached hydrogen (secondary N) is 1. The molecule has 1 N–H and O–H groups in total. The van der Waals surface area contributed by atoms with Crippen LogP contribution in [-0.2, 0) is 20.5 Å². The van der Waals surface area contributed by atoms with Crippen molar-refractivity contribution in [3.05, 3.63) is 42.0 Å². The van der Waals surface area contributed by atoms with Crippen LogP contribution >= 0.6 is 0 Å². The molecule has 1 aliphatic heterocycles. The molecule has 2 aliphatic rings. The second kappa shape index (κ2) is 8.12. The molecular formula is C19H21F3N2O3. The van der Waals surface area contributed by atoms with Crippen LogP contribution in [0.3, 0.4) is 0 Å². The zero-order valence-electron chi connectivity index (χ0n) is 14.7. The Bertz CT molecular complexity index is 710. The number of halogens is 3. The highest BCUT2D eigenvalue weighted by atomic mass is 19.4. The van der Waals surface area contributed by atoms with E-state index in [1.54, 1.807) is 4.90 Å². The third kappa shape index (κ3) is 4.68. The molecule has 0 aromatic heterocycles. The first-order chi connectivity index (χ1) is 12.9. The van der Waals surface area contributed by atoms with Gasteiger partial charge in [0.05, 0.1) is 30.6 Å². The molecule has 27 heavy (non-hydrogen) atoms. The highest BCUT2D eigenvalue weighted by Gasteiger charge is 2.37. The largest absolute Gasteiger partial charge is 0.416 e. The van der Waals surface area contributed by atoms with Crippen LogP contribution in [0.4, 0.5) is 18.9 Å². The Morgan fingerprint density at radius 1 is 1.00 bits per heavy atom. The first-order valence-electron chi connectivity index (χ1n) is 8.86. The molecule has 1 fully saturated rings. The number of rotatable bonds is 3. The van der Waals surface area contributed by atoms with Gasteiger partial charge in [-0.15, -0.1) is 0 Å². The van der Waals surface area contributed by atoms with E-state index in [0.29, 0.717) is 39.1 Å². The van der Waals surface area contributed by atoms with Gasteiger partial charge in [0.25, 0.3) is 0 Å². The van der Waals surface area contributed by atoms with Crippen molar-refractivity contribution >= 4 is 17.5 Å². The maximum atomic E-state index is 12.8. The molecule has 146 valence electrons. The molecule has 0 bridgehead atoms. The fraction of sp³-hybridized carbons (Fsp3) is 0.474. The van der Waals surface area contributed by atoms with Crippen molar-refractivity contribution in [2.75, 3.05) is 31.6 Å². The summed E-state index contributed by atoms with van der Waals surface area (Å²) in [5.41, 5.74) is -0.499. The van der Waals surface area contributed by atoms with E-state index in [1.807, 2.05) is 12.2 Å². The summed E-state index contributed by atoms with van der Waals surface area (Å²) in [5.74, 6) is -1.45. The average Bonchev–Trinajstić information content (AvgIpc) is 2.68. The second-order valence-electron chi connectivity index (χ2n) is 6.66. The van der Waals surface area contributed by atoms with Crippen LogP contribution in [0, 0.1) is 11.8 Å². The predicted molar refractivity (Wildman–Crippen MR) is 92.8 cm³/mol. The van der Waals surface area contributed by atoms with Crippen LogP contribution in [0.5, 0.6) is 0 Å². The number of amides is 2. The zero-order chi connectivity index (χ0) is 19.4. The number of alkyl halides is 3. The Morgan fingerprint density at radius 2 is 1.59 bits per heavy atom. The number of nitrogens with zero attached hydrogens (tertiary/aromatic N) is 1. The van der Waals surface area contributed by atoms with Crippen molar-refractivity contribution in [1.82, 2.24) is 4.90 Å². The van der Waals surface area contributed by atoms with Gasteiger partial charge in [-0.3, -0.25) is 9.59 Å². The molecule has 1 aromatic rings. The standard InChI is InChI=1S/C19H21F3N2O3/c20-19(21,22)13-5-7-14(8-6-13)23-17(25)15-3-1-2-4-16(15)18(26)24-9-11-27-12-10-24/h1-2,5-8,15-16H,3-4,9-12H2,(H,23,25)/t15-,16+/m1/s1. The van der Waals surface area contributed by atoms with E-state index in [0.717, 1.165) is 12.1 Å². The lowest BCUT2D eigenvalue weighted by atomic mass is 9.81. The molecule has 0 radical (unpaired) electrons. The van der Waals surface area contributed by atoms with Gasteiger partial charge in [-0.25, -0.2) is 0 Å². The van der Waals surface area contributed by atoms with Gasteiger partial charge in [0.2, 0.25) is 11.8 Å². The SMILES string of the molecule is O=C(Nc1ccc(C(F)(F)F)cc1)[C@@H]1CC=CC[C@@H]1C(=O)N1CCOCC1. The molecule has 1 aromatic carbocycles. The summed E-state index contributed by atoms with van der Waals surface area (Å²) >= 11 is 0. The van der Waals surface area contributed by atoms with Gasteiger partial charge in [-0.2, -0.15) is 13.2 Å². The van der Waals surface area contributed by atoms with Crippen LogP contribution in [0.15, 0.2) is 36.4 Å². The Hall–Kier alpha value is -2.35. The van der Waals surface area contributed by atoms with Crippen molar-refractivity contribution in [1.29, 1.82) is 0 Å². The minimum absolute atomic E-state index is 0.0739. The highest BCUT2D eigenvalue weighted by molar-refractivity contribution is 5.96. The summed E-state index contributed by atoms with van der Waals surface area (Å²) in [7, 11) is 0. The first-order valence-corrected chi connectivity index (χ1v) is 8.86. The quantitative estimate of drug-likeness (QED) is 0.818. The number of carbonyl (C=O) groups is 2. The monoisotopic (exact) mass is 382 g/mol. The molecule has 0 spiro atoms. The first kappa shape index (κ1) is 19.4. The third-order valence-corrected chi connectivity index (χ3v) is 4.89. The van der Waals surface area contributed by atoms with E-state index >= 15 is 0 Å². The number of anilines is 1. The lowest BCUT2D eigenvalue weighted by Crippen LogP contribution is -2.47. The molecule has 0 saturated carbocycles. The summed E-state index contributed by atoms with van der Waals surface area (Å²) in [6, 6.07) is 4.29. The number of carbonyl (C=O) groups excluding carboxylic acids is 2. The number of ether oxygens (including phenoxy) is 1. The molecular weight excluding hydrogens is 361 g/mol. The molecule has 1 heterocycles. The van der Waals surface area contributed by atoms with E-state index in [9.17, 15) is 22.8 Å². The number of hydrogen-bond acceptors (Lipinski definition) is 3. The molecule has 5 nitrogen and oxygen atoms in total. The fourth-order valence-electron chi connectivity index (χ4n) is 3.37. The van der Waals surface area contributed by atoms with Crippen LogP contribution in [0.1, 0.15) is 18.4 Å². The topological polar surface area (TPSA) is 58.6 Å². The summed E-state index contributed by atoms with van der Waals surface area (Å²) in [6.07, 6.45) is 0.228. The highest BCUT2D eigenvalue weighted by Crippen LogP contribution is 2.31. The average molecular weight is 382 g/mol. The Kier molecular flexibility index (Phi) is 5.84. The Balaban J connectivity index is 1.68. The van der Waals surface area contributed by atoms with Crippen molar-refractivity contribution < 1.29 is 27.5 Å². The fourth-order valence-corrected chi connectivity index (χ4v) is 3.37. The van der Waals surface area contributed by atoms with E-state index in [-0.39, 0.29) is 17.5 Å². The van der Waals surface area contributed by atoms with Gasteiger partial charge >= 0.3 is 6.18 Å². The lowest BCUT2D eigenvalue weighted by Gasteiger charge is -2.34. The minimum atomic E-state index is -4.42. The molecule has 1 aliphatic carbocycles. The van der Waals surface area contributed by atoms with E-state index in [1.165, 1.54) is 12.1 Å². The smallest absolute Gasteiger partial charge is 0.378 e. The van der Waals surface area contributed by atoms with Gasteiger partial charge in [0.15, 0.2) is 0 Å². The molecule has 2 atom stereocenters. The van der Waals surface area contributed by atoms with Crippen molar-refractivity contribution in [3.8, 4) is 0 Å². The minimum Gasteiger partial charge on any atom is -0.378 e. The summed E-state index contributed by atoms with van der Waals surface area (Å²) in [6.45, 7) is 1.98. The zero-order valence-corrected chi connectivity index (χ0v) is 14.7.